The van der Waals surface area contributed by atoms with Gasteiger partial charge in [-0.2, -0.15) is 0 Å². The van der Waals surface area contributed by atoms with E-state index in [1.54, 1.807) is 0 Å². The van der Waals surface area contributed by atoms with Crippen LogP contribution in [0.2, 0.25) is 0 Å². The first kappa shape index (κ1) is 9.47. The van der Waals surface area contributed by atoms with Crippen LogP contribution in [0, 0.1) is 0 Å². The predicted molar refractivity (Wildman–Crippen MR) is 55.4 cm³/mol. The van der Waals surface area contributed by atoms with Gasteiger partial charge in [-0.15, -0.1) is 0 Å². The van der Waals surface area contributed by atoms with Gasteiger partial charge < -0.3 is 0 Å². The highest BCUT2D eigenvalue weighted by molar-refractivity contribution is 4.74. The summed E-state index contributed by atoms with van der Waals surface area (Å²) in [5.41, 5.74) is 0. The Kier molecular flexibility index (Phi) is 3.23. The molecule has 2 aliphatic rings. The Morgan fingerprint density at radius 2 is 1.54 bits per heavy atom. The summed E-state index contributed by atoms with van der Waals surface area (Å²) < 4.78 is 0. The summed E-state index contributed by atoms with van der Waals surface area (Å²) in [6.45, 7) is 2.60. The maximum absolute atomic E-state index is 2.55. The van der Waals surface area contributed by atoms with Gasteiger partial charge in [0.25, 0.3) is 0 Å². The van der Waals surface area contributed by atoms with E-state index in [1.165, 1.54) is 58.0 Å². The number of rotatable bonds is 2. The minimum atomic E-state index is 0.854. The molecule has 1 saturated carbocycles. The van der Waals surface area contributed by atoms with Gasteiger partial charge in [0, 0.05) is 26.2 Å². The van der Waals surface area contributed by atoms with Crippen molar-refractivity contribution in [2.24, 2.45) is 0 Å². The highest BCUT2D eigenvalue weighted by atomic mass is 15.6. The molecule has 0 aromatic rings. The van der Waals surface area contributed by atoms with Gasteiger partial charge in [0.15, 0.2) is 0 Å². The molecule has 1 heterocycles. The van der Waals surface area contributed by atoms with Gasteiger partial charge in [0.1, 0.15) is 0 Å². The average Bonchev–Trinajstić information content (AvgIpc) is 2.71. The molecule has 13 heavy (non-hydrogen) atoms. The molecule has 0 bridgehead atoms. The Balaban J connectivity index is 1.83. The molecule has 76 valence electrons. The highest BCUT2D eigenvalue weighted by Crippen LogP contribution is 2.24. The fraction of sp³-hybridized carbons (Fsp3) is 1.00. The summed E-state index contributed by atoms with van der Waals surface area (Å²) in [4.78, 5) is 0. The Morgan fingerprint density at radius 1 is 0.923 bits per heavy atom. The monoisotopic (exact) mass is 182 g/mol. The third-order valence-electron chi connectivity index (χ3n) is 3.63. The van der Waals surface area contributed by atoms with Crippen molar-refractivity contribution in [3.63, 3.8) is 0 Å². The van der Waals surface area contributed by atoms with Crippen molar-refractivity contribution in [3.8, 4) is 0 Å². The van der Waals surface area contributed by atoms with Crippen LogP contribution < -0.4 is 0 Å². The van der Waals surface area contributed by atoms with E-state index in [-0.39, 0.29) is 0 Å². The first-order chi connectivity index (χ1) is 6.38. The van der Waals surface area contributed by atoms with E-state index in [0.29, 0.717) is 0 Å². The SMILES string of the molecule is CN(C1CCCCC1)N1CCCC1. The number of hydrazine groups is 1. The summed E-state index contributed by atoms with van der Waals surface area (Å²) >= 11 is 0. The molecule has 0 radical (unpaired) electrons. The molecule has 2 rings (SSSR count). The van der Waals surface area contributed by atoms with Crippen molar-refractivity contribution in [3.05, 3.63) is 0 Å². The first-order valence-corrected chi connectivity index (χ1v) is 5.85. The molecule has 1 aliphatic carbocycles. The summed E-state index contributed by atoms with van der Waals surface area (Å²) in [5, 5.41) is 5.09. The number of hydrogen-bond acceptors (Lipinski definition) is 2. The van der Waals surface area contributed by atoms with E-state index in [9.17, 15) is 0 Å². The van der Waals surface area contributed by atoms with E-state index in [1.807, 2.05) is 0 Å². The quantitative estimate of drug-likeness (QED) is 0.646. The summed E-state index contributed by atoms with van der Waals surface area (Å²) in [6, 6.07) is 0.854. The van der Waals surface area contributed by atoms with Crippen LogP contribution in [0.1, 0.15) is 44.9 Å². The van der Waals surface area contributed by atoms with Gasteiger partial charge in [-0.3, -0.25) is 0 Å². The highest BCUT2D eigenvalue weighted by Gasteiger charge is 2.24. The standard InChI is InChI=1S/C11H22N2/c1-12(13-9-5-6-10-13)11-7-3-2-4-8-11/h11H,2-10H2,1H3. The molecule has 0 N–H and O–H groups in total. The van der Waals surface area contributed by atoms with E-state index < -0.39 is 0 Å². The van der Waals surface area contributed by atoms with Crippen molar-refractivity contribution < 1.29 is 0 Å². The molecule has 2 heteroatoms. The first-order valence-electron chi connectivity index (χ1n) is 5.85. The van der Waals surface area contributed by atoms with Crippen LogP contribution in [0.4, 0.5) is 0 Å². The zero-order chi connectivity index (χ0) is 9.10. The van der Waals surface area contributed by atoms with E-state index in [4.69, 9.17) is 0 Å². The fourth-order valence-corrected chi connectivity index (χ4v) is 2.70. The summed E-state index contributed by atoms with van der Waals surface area (Å²) in [6.07, 6.45) is 10.0. The van der Waals surface area contributed by atoms with Crippen LogP contribution >= 0.6 is 0 Å². The Morgan fingerprint density at radius 3 is 2.15 bits per heavy atom. The summed E-state index contributed by atoms with van der Waals surface area (Å²) in [7, 11) is 2.29. The van der Waals surface area contributed by atoms with Crippen LogP contribution in [0.25, 0.3) is 0 Å². The van der Waals surface area contributed by atoms with Crippen LogP contribution in [-0.2, 0) is 0 Å². The lowest BCUT2D eigenvalue weighted by Gasteiger charge is -2.37. The Bertz CT molecular complexity index is 146. The van der Waals surface area contributed by atoms with Crippen molar-refractivity contribution in [1.29, 1.82) is 0 Å². The summed E-state index contributed by atoms with van der Waals surface area (Å²) in [5.74, 6) is 0. The van der Waals surface area contributed by atoms with Gasteiger partial charge in [-0.25, -0.2) is 10.0 Å². The normalized spacial score (nSPS) is 27.2. The lowest BCUT2D eigenvalue weighted by atomic mass is 9.95. The largest absolute Gasteiger partial charge is 0.242 e. The molecule has 2 nitrogen and oxygen atoms in total. The molecule has 0 spiro atoms. The molecular weight excluding hydrogens is 160 g/mol. The molecule has 0 aromatic carbocycles. The lowest BCUT2D eigenvalue weighted by Crippen LogP contribution is -2.45. The molecule has 1 aliphatic heterocycles. The maximum Gasteiger partial charge on any atom is 0.0242 e. The third-order valence-corrected chi connectivity index (χ3v) is 3.63. The Hall–Kier alpha value is -0.0800. The van der Waals surface area contributed by atoms with Gasteiger partial charge in [0.2, 0.25) is 0 Å². The van der Waals surface area contributed by atoms with Crippen LogP contribution in [0.5, 0.6) is 0 Å². The zero-order valence-electron chi connectivity index (χ0n) is 8.84. The predicted octanol–water partition coefficient (Wildman–Crippen LogP) is 2.26. The maximum atomic E-state index is 2.55. The molecule has 0 unspecified atom stereocenters. The second-order valence-corrected chi connectivity index (χ2v) is 4.53. The van der Waals surface area contributed by atoms with Crippen LogP contribution in [-0.4, -0.2) is 36.2 Å². The van der Waals surface area contributed by atoms with Gasteiger partial charge in [-0.05, 0) is 25.7 Å². The molecule has 0 aromatic heterocycles. The third kappa shape index (κ3) is 2.23. The average molecular weight is 182 g/mol. The van der Waals surface area contributed by atoms with Gasteiger partial charge in [0.05, 0.1) is 0 Å². The molecular formula is C11H22N2. The van der Waals surface area contributed by atoms with Crippen molar-refractivity contribution in [2.45, 2.75) is 51.0 Å². The second kappa shape index (κ2) is 4.43. The van der Waals surface area contributed by atoms with Crippen molar-refractivity contribution in [2.75, 3.05) is 20.1 Å². The molecule has 1 saturated heterocycles. The fourth-order valence-electron chi connectivity index (χ4n) is 2.70. The minimum Gasteiger partial charge on any atom is -0.242 e. The van der Waals surface area contributed by atoms with Crippen LogP contribution in [0.15, 0.2) is 0 Å². The van der Waals surface area contributed by atoms with E-state index in [2.05, 4.69) is 17.1 Å². The Labute approximate surface area is 81.9 Å². The number of nitrogens with zero attached hydrogens (tertiary/aromatic N) is 2. The van der Waals surface area contributed by atoms with Gasteiger partial charge >= 0.3 is 0 Å². The number of hydrogen-bond donors (Lipinski definition) is 0. The van der Waals surface area contributed by atoms with Crippen LogP contribution in [0.3, 0.4) is 0 Å². The molecule has 0 atom stereocenters. The zero-order valence-corrected chi connectivity index (χ0v) is 8.84. The smallest absolute Gasteiger partial charge is 0.0242 e. The topological polar surface area (TPSA) is 6.48 Å². The molecule has 0 amide bonds. The van der Waals surface area contributed by atoms with Gasteiger partial charge in [-0.1, -0.05) is 19.3 Å². The van der Waals surface area contributed by atoms with E-state index >= 15 is 0 Å². The van der Waals surface area contributed by atoms with E-state index in [0.717, 1.165) is 6.04 Å². The lowest BCUT2D eigenvalue weighted by molar-refractivity contribution is -0.0290. The second-order valence-electron chi connectivity index (χ2n) is 4.53. The minimum absolute atomic E-state index is 0.854. The molecule has 2 fully saturated rings. The van der Waals surface area contributed by atoms with Crippen molar-refractivity contribution in [1.82, 2.24) is 10.0 Å². The van der Waals surface area contributed by atoms with Crippen molar-refractivity contribution >= 4 is 0 Å².